The molecule has 2 aliphatic heterocycles. The molecule has 364 valence electrons. The highest BCUT2D eigenvalue weighted by Crippen LogP contribution is 2.57. The maximum Gasteiger partial charge on any atom is 0.264 e. The summed E-state index contributed by atoms with van der Waals surface area (Å²) in [6, 6.07) is 27.8. The number of anilines is 6. The molecule has 0 saturated heterocycles. The summed E-state index contributed by atoms with van der Waals surface area (Å²) >= 11 is 1.94. The summed E-state index contributed by atoms with van der Waals surface area (Å²) in [5.74, 6) is 0. The number of nitrogens with zero attached hydrogens (tertiary/aromatic N) is 2. The van der Waals surface area contributed by atoms with E-state index in [1.807, 2.05) is 11.3 Å². The second-order valence-corrected chi connectivity index (χ2v) is 28.6. The Hall–Kier alpha value is -5.06. The van der Waals surface area contributed by atoms with Crippen molar-refractivity contribution in [1.29, 1.82) is 0 Å². The summed E-state index contributed by atoms with van der Waals surface area (Å²) in [6.45, 7) is 37.8. The minimum absolute atomic E-state index is 0.00579. The Bertz CT molecular complexity index is 3670. The normalized spacial score (nSPS) is 21.4. The van der Waals surface area contributed by atoms with Gasteiger partial charge in [0.2, 0.25) is 0 Å². The van der Waals surface area contributed by atoms with Crippen LogP contribution in [0.3, 0.4) is 0 Å². The van der Waals surface area contributed by atoms with Crippen molar-refractivity contribution < 1.29 is 6.85 Å². The van der Waals surface area contributed by atoms with Crippen molar-refractivity contribution in [1.82, 2.24) is 0 Å². The molecule has 0 fully saturated rings. The van der Waals surface area contributed by atoms with Gasteiger partial charge in [-0.25, -0.2) is 0 Å². The Labute approximate surface area is 438 Å². The molecule has 71 heavy (non-hydrogen) atoms. The number of hydrogen-bond donors (Lipinski definition) is 0. The molecule has 2 nitrogen and oxygen atoms in total. The van der Waals surface area contributed by atoms with Crippen molar-refractivity contribution in [2.75, 3.05) is 9.80 Å². The fraction of sp³-hybridized carbons (Fsp3) is 0.433. The Morgan fingerprint density at radius 1 is 0.521 bits per heavy atom. The lowest BCUT2D eigenvalue weighted by atomic mass is 9.35. The van der Waals surface area contributed by atoms with Crippen molar-refractivity contribution in [3.05, 3.63) is 148 Å². The van der Waals surface area contributed by atoms with E-state index in [9.17, 15) is 2.74 Å². The SMILES string of the molecule is [2H]c1c([2H])c([2H])c(-c2cc3c(cc2N2c4cc5c(cc4B4c6sc7ccc(C(C)(C)C)cc7c6N(c6ccc7c(c6)C(C)(C)CCC7(C)C)c6cc(C)cc2c64)C(C)(C)CCC5(C)C)C(C)(C)CCC3(C)C)c([2H])c1[2H]. The monoisotopic (exact) mass is 958 g/mol. The average Bonchev–Trinajstić information content (AvgIpc) is 3.74. The van der Waals surface area contributed by atoms with Gasteiger partial charge in [-0.05, 0) is 199 Å². The number of rotatable bonds is 3. The molecule has 4 heteroatoms. The highest BCUT2D eigenvalue weighted by atomic mass is 32.1. The van der Waals surface area contributed by atoms with E-state index in [4.69, 9.17) is 4.11 Å². The smallest absolute Gasteiger partial charge is 0.264 e. The molecule has 0 bridgehead atoms. The topological polar surface area (TPSA) is 6.48 Å². The zero-order valence-electron chi connectivity index (χ0n) is 50.6. The summed E-state index contributed by atoms with van der Waals surface area (Å²) < 4.78 is 49.0. The number of benzene rings is 6. The van der Waals surface area contributed by atoms with Crippen molar-refractivity contribution >= 4 is 78.0 Å². The Kier molecular flexibility index (Phi) is 8.77. The zero-order chi connectivity index (χ0) is 54.7. The van der Waals surface area contributed by atoms with Crippen LogP contribution in [0.5, 0.6) is 0 Å². The van der Waals surface area contributed by atoms with Gasteiger partial charge < -0.3 is 9.80 Å². The van der Waals surface area contributed by atoms with E-state index in [1.54, 1.807) is 0 Å². The molecule has 0 saturated carbocycles. The minimum Gasteiger partial charge on any atom is -0.311 e. The number of aryl methyl sites for hydroxylation is 1. The third-order valence-corrected chi connectivity index (χ3v) is 19.9. The number of thiophene rings is 1. The molecule has 3 aliphatic carbocycles. The zero-order valence-corrected chi connectivity index (χ0v) is 46.4. The van der Waals surface area contributed by atoms with Crippen LogP contribution >= 0.6 is 11.3 Å². The first-order chi connectivity index (χ1) is 35.3. The summed E-state index contributed by atoms with van der Waals surface area (Å²) in [5, 5.41) is 1.28. The average molecular weight is 958 g/mol. The summed E-state index contributed by atoms with van der Waals surface area (Å²) in [5.41, 5.74) is 20.0. The van der Waals surface area contributed by atoms with Crippen LogP contribution in [0.25, 0.3) is 21.2 Å². The van der Waals surface area contributed by atoms with Gasteiger partial charge in [0.15, 0.2) is 0 Å². The molecular formula is C67H77BN2S. The summed E-state index contributed by atoms with van der Waals surface area (Å²) in [7, 11) is 0. The van der Waals surface area contributed by atoms with Crippen LogP contribution in [0, 0.1) is 6.92 Å². The first-order valence-electron chi connectivity index (χ1n) is 29.2. The molecule has 0 amide bonds. The number of hydrogen-bond acceptors (Lipinski definition) is 3. The molecule has 6 aromatic carbocycles. The lowest BCUT2D eigenvalue weighted by molar-refractivity contribution is 0.332. The molecule has 0 atom stereocenters. The van der Waals surface area contributed by atoms with E-state index < -0.39 is 0 Å². The molecular weight excluding hydrogens is 876 g/mol. The maximum atomic E-state index is 9.68. The maximum absolute atomic E-state index is 9.68. The van der Waals surface area contributed by atoms with Gasteiger partial charge in [-0.15, -0.1) is 11.3 Å². The van der Waals surface area contributed by atoms with Crippen molar-refractivity contribution in [3.8, 4) is 11.1 Å². The quantitative estimate of drug-likeness (QED) is 0.163. The standard InChI is InChI=1S/C67H77BN2S/c1-40-32-55-58-56(33-40)70(53-38-50-48(64(9,10)28-30-66(50,13)14)36-44(53)41-20-18-17-19-21-41)54-39-51-49(65(11,12)29-31-67(51,15)16)37-52(54)68(58)60-59(45-34-42(61(2,3)4)22-25-57(45)71-60)69(55)43-23-24-46-47(35-43)63(7,8)27-26-62(46,5)6/h17-25,32-39H,26-31H2,1-16H3/i17D,18D,19D,20D,21D. The summed E-state index contributed by atoms with van der Waals surface area (Å²) in [6.07, 6.45) is 6.39. The van der Waals surface area contributed by atoms with Crippen molar-refractivity contribution in [2.24, 2.45) is 0 Å². The largest absolute Gasteiger partial charge is 0.311 e. The molecule has 1 aromatic heterocycles. The van der Waals surface area contributed by atoms with E-state index in [0.29, 0.717) is 5.56 Å². The Morgan fingerprint density at radius 2 is 1.03 bits per heavy atom. The molecule has 7 aromatic rings. The third kappa shape index (κ3) is 6.98. The van der Waals surface area contributed by atoms with Crippen molar-refractivity contribution in [2.45, 2.75) is 187 Å². The Balaban J connectivity index is 1.26. The van der Waals surface area contributed by atoms with E-state index in [0.717, 1.165) is 66.8 Å². The van der Waals surface area contributed by atoms with E-state index >= 15 is 0 Å². The van der Waals surface area contributed by atoms with Crippen LogP contribution in [-0.4, -0.2) is 6.71 Å². The molecule has 0 N–H and O–H groups in total. The van der Waals surface area contributed by atoms with Gasteiger partial charge in [-0.1, -0.05) is 152 Å². The fourth-order valence-corrected chi connectivity index (χ4v) is 15.1. The van der Waals surface area contributed by atoms with Crippen LogP contribution in [0.2, 0.25) is 0 Å². The van der Waals surface area contributed by atoms with Crippen LogP contribution in [-0.2, 0) is 37.9 Å². The van der Waals surface area contributed by atoms with Gasteiger partial charge >= 0.3 is 0 Å². The molecule has 3 heterocycles. The highest BCUT2D eigenvalue weighted by Gasteiger charge is 2.49. The van der Waals surface area contributed by atoms with Crippen molar-refractivity contribution in [3.63, 3.8) is 0 Å². The van der Waals surface area contributed by atoms with E-state index in [-0.39, 0.29) is 80.4 Å². The van der Waals surface area contributed by atoms with Crippen LogP contribution in [0.1, 0.15) is 194 Å². The van der Waals surface area contributed by atoms with Gasteiger partial charge in [0, 0.05) is 43.2 Å². The van der Waals surface area contributed by atoms with Gasteiger partial charge in [0.1, 0.15) is 0 Å². The lowest BCUT2D eigenvalue weighted by Crippen LogP contribution is -2.61. The minimum atomic E-state index is -0.377. The van der Waals surface area contributed by atoms with Gasteiger partial charge in [-0.2, -0.15) is 0 Å². The molecule has 0 radical (unpaired) electrons. The predicted octanol–water partition coefficient (Wildman–Crippen LogP) is 17.3. The lowest BCUT2D eigenvalue weighted by Gasteiger charge is -2.48. The van der Waals surface area contributed by atoms with Crippen LogP contribution in [0.15, 0.2) is 103 Å². The van der Waals surface area contributed by atoms with E-state index in [1.165, 1.54) is 76.1 Å². The fourth-order valence-electron chi connectivity index (χ4n) is 13.8. The molecule has 0 unspecified atom stereocenters. The van der Waals surface area contributed by atoms with Crippen LogP contribution in [0.4, 0.5) is 34.1 Å². The van der Waals surface area contributed by atoms with E-state index in [2.05, 4.69) is 193 Å². The predicted molar refractivity (Wildman–Crippen MR) is 311 cm³/mol. The summed E-state index contributed by atoms with van der Waals surface area (Å²) in [4.78, 5) is 5.13. The second-order valence-electron chi connectivity index (χ2n) is 27.5. The second kappa shape index (κ2) is 15.0. The van der Waals surface area contributed by atoms with Crippen LogP contribution < -0.4 is 25.5 Å². The first kappa shape index (κ1) is 41.4. The third-order valence-electron chi connectivity index (χ3n) is 18.7. The molecule has 0 spiro atoms. The molecule has 5 aliphatic rings. The first-order valence-corrected chi connectivity index (χ1v) is 27.5. The van der Waals surface area contributed by atoms with Gasteiger partial charge in [0.25, 0.3) is 6.71 Å². The molecule has 12 rings (SSSR count). The number of fused-ring (bicyclic) bond motifs is 9. The highest BCUT2D eigenvalue weighted by molar-refractivity contribution is 7.33. The van der Waals surface area contributed by atoms with Gasteiger partial charge in [0.05, 0.1) is 18.2 Å². The van der Waals surface area contributed by atoms with Gasteiger partial charge in [-0.3, -0.25) is 0 Å². The Morgan fingerprint density at radius 3 is 1.61 bits per heavy atom.